The molecule has 0 spiro atoms. The summed E-state index contributed by atoms with van der Waals surface area (Å²) in [5.41, 5.74) is 0. The minimum Gasteiger partial charge on any atom is -0.350 e. The fourth-order valence-electron chi connectivity index (χ4n) is 2.43. The van der Waals surface area contributed by atoms with Crippen LogP contribution in [0.3, 0.4) is 0 Å². The van der Waals surface area contributed by atoms with Gasteiger partial charge in [0.2, 0.25) is 0 Å². The first-order valence-electron chi connectivity index (χ1n) is 6.55. The fourth-order valence-corrected chi connectivity index (χ4v) is 3.48. The van der Waals surface area contributed by atoms with Crippen LogP contribution in [0.15, 0.2) is 18.5 Å². The van der Waals surface area contributed by atoms with E-state index in [1.54, 1.807) is 11.3 Å². The van der Waals surface area contributed by atoms with E-state index in [9.17, 15) is 4.79 Å². The Morgan fingerprint density at radius 1 is 1.28 bits per heavy atom. The van der Waals surface area contributed by atoms with Gasteiger partial charge in [-0.3, -0.25) is 4.79 Å². The van der Waals surface area contributed by atoms with Crippen LogP contribution in [0.1, 0.15) is 42.4 Å². The van der Waals surface area contributed by atoms with Gasteiger partial charge in [-0.2, -0.15) is 0 Å². The summed E-state index contributed by atoms with van der Waals surface area (Å²) in [5, 5.41) is 1.19. The minimum absolute atomic E-state index is 0.213. The van der Waals surface area contributed by atoms with Crippen molar-refractivity contribution in [3.8, 4) is 0 Å². The highest BCUT2D eigenvalue weighted by Gasteiger charge is 2.21. The van der Waals surface area contributed by atoms with Crippen LogP contribution in [0.2, 0.25) is 0 Å². The van der Waals surface area contributed by atoms with Crippen LogP contribution in [0.25, 0.3) is 10.1 Å². The summed E-state index contributed by atoms with van der Waals surface area (Å²) >= 11 is 1.62. The molecule has 0 aliphatic carbocycles. The zero-order valence-electron chi connectivity index (χ0n) is 10.8. The van der Waals surface area contributed by atoms with Crippen LogP contribution in [0.5, 0.6) is 0 Å². The van der Waals surface area contributed by atoms with Gasteiger partial charge in [-0.25, -0.2) is 0 Å². The molecule has 1 aliphatic rings. The molecule has 1 aliphatic heterocycles. The number of thiophene rings is 1. The second kappa shape index (κ2) is 4.43. The second-order valence-corrected chi connectivity index (χ2v) is 6.31. The molecule has 1 saturated heterocycles. The lowest BCUT2D eigenvalue weighted by Gasteiger charge is -2.13. The van der Waals surface area contributed by atoms with Crippen molar-refractivity contribution in [1.29, 1.82) is 0 Å². The smallest absolute Gasteiger partial charge is 0.263 e. The molecule has 0 aromatic carbocycles. The maximum atomic E-state index is 12.3. The predicted octanol–water partition coefficient (Wildman–Crippen LogP) is 3.52. The number of amides is 1. The Hall–Kier alpha value is -1.29. The molecule has 18 heavy (non-hydrogen) atoms. The molecule has 96 valence electrons. The van der Waals surface area contributed by atoms with Crippen LogP contribution in [0.4, 0.5) is 0 Å². The van der Waals surface area contributed by atoms with Gasteiger partial charge in [0.1, 0.15) is 0 Å². The van der Waals surface area contributed by atoms with Crippen molar-refractivity contribution in [2.75, 3.05) is 13.1 Å². The van der Waals surface area contributed by atoms with Gasteiger partial charge in [0.05, 0.1) is 9.58 Å². The lowest BCUT2D eigenvalue weighted by molar-refractivity contribution is 0.0797. The zero-order chi connectivity index (χ0) is 12.7. The third-order valence-corrected chi connectivity index (χ3v) is 4.62. The summed E-state index contributed by atoms with van der Waals surface area (Å²) in [5.74, 6) is 0.213. The van der Waals surface area contributed by atoms with Gasteiger partial charge in [0.25, 0.3) is 5.91 Å². The van der Waals surface area contributed by atoms with Crippen LogP contribution in [0, 0.1) is 0 Å². The minimum atomic E-state index is 0.213. The van der Waals surface area contributed by atoms with Crippen LogP contribution in [-0.4, -0.2) is 28.5 Å². The van der Waals surface area contributed by atoms with E-state index in [4.69, 9.17) is 0 Å². The van der Waals surface area contributed by atoms with E-state index >= 15 is 0 Å². The predicted molar refractivity (Wildman–Crippen MR) is 75.3 cm³/mol. The first-order chi connectivity index (χ1) is 8.65. The number of aromatic nitrogens is 1. The molecule has 1 amide bonds. The average molecular weight is 262 g/mol. The lowest BCUT2D eigenvalue weighted by atomic mass is 10.3. The fraction of sp³-hybridized carbons (Fsp3) is 0.500. The van der Waals surface area contributed by atoms with Crippen molar-refractivity contribution >= 4 is 27.3 Å². The highest BCUT2D eigenvalue weighted by Crippen LogP contribution is 2.29. The Balaban J connectivity index is 1.89. The molecule has 2 aromatic heterocycles. The maximum absolute atomic E-state index is 12.3. The summed E-state index contributed by atoms with van der Waals surface area (Å²) in [6.45, 7) is 6.18. The summed E-state index contributed by atoms with van der Waals surface area (Å²) in [6, 6.07) is 2.52. The first-order valence-corrected chi connectivity index (χ1v) is 7.37. The molecule has 0 saturated carbocycles. The molecular weight excluding hydrogens is 244 g/mol. The average Bonchev–Trinajstić information content (AvgIpc) is 3.03. The number of fused-ring (bicyclic) bond motifs is 1. The molecule has 0 N–H and O–H groups in total. The quantitative estimate of drug-likeness (QED) is 0.813. The number of rotatable bonds is 2. The Kier molecular flexibility index (Phi) is 2.90. The molecule has 0 atom stereocenters. The number of carbonyl (C=O) groups is 1. The maximum Gasteiger partial charge on any atom is 0.263 e. The molecule has 0 bridgehead atoms. The largest absolute Gasteiger partial charge is 0.350 e. The van der Waals surface area contributed by atoms with Gasteiger partial charge in [-0.15, -0.1) is 11.3 Å². The van der Waals surface area contributed by atoms with Crippen molar-refractivity contribution in [1.82, 2.24) is 9.47 Å². The third kappa shape index (κ3) is 1.94. The highest BCUT2D eigenvalue weighted by molar-refractivity contribution is 7.20. The number of nitrogens with zero attached hydrogens (tertiary/aromatic N) is 2. The van der Waals surface area contributed by atoms with Crippen molar-refractivity contribution in [2.24, 2.45) is 0 Å². The molecule has 0 radical (unpaired) electrons. The molecular formula is C14H18N2OS. The van der Waals surface area contributed by atoms with Crippen molar-refractivity contribution in [3.05, 3.63) is 23.3 Å². The lowest BCUT2D eigenvalue weighted by Crippen LogP contribution is -2.26. The molecule has 1 fully saturated rings. The van der Waals surface area contributed by atoms with Crippen molar-refractivity contribution < 1.29 is 4.79 Å². The van der Waals surface area contributed by atoms with Crippen LogP contribution >= 0.6 is 11.3 Å². The Labute approximate surface area is 111 Å². The van der Waals surface area contributed by atoms with Gasteiger partial charge in [0.15, 0.2) is 0 Å². The van der Waals surface area contributed by atoms with E-state index in [1.807, 2.05) is 11.0 Å². The van der Waals surface area contributed by atoms with Gasteiger partial charge >= 0.3 is 0 Å². The number of likely N-dealkylation sites (tertiary alicyclic amines) is 1. The number of hydrogen-bond acceptors (Lipinski definition) is 2. The standard InChI is InChI=1S/C14H18N2OS/c1-10(2)16-8-11-7-12(18-13(11)9-16)14(17)15-5-3-4-6-15/h7-10H,3-6H2,1-2H3. The van der Waals surface area contributed by atoms with Crippen molar-refractivity contribution in [3.63, 3.8) is 0 Å². The molecule has 0 unspecified atom stereocenters. The Morgan fingerprint density at radius 3 is 2.61 bits per heavy atom. The summed E-state index contributed by atoms with van der Waals surface area (Å²) in [4.78, 5) is 15.1. The van der Waals surface area contributed by atoms with Crippen LogP contribution in [-0.2, 0) is 0 Å². The molecule has 3 nitrogen and oxygen atoms in total. The first kappa shape index (κ1) is 11.8. The van der Waals surface area contributed by atoms with Gasteiger partial charge in [-0.05, 0) is 32.8 Å². The van der Waals surface area contributed by atoms with E-state index < -0.39 is 0 Å². The summed E-state index contributed by atoms with van der Waals surface area (Å²) < 4.78 is 3.41. The van der Waals surface area contributed by atoms with E-state index in [0.717, 1.165) is 30.8 Å². The molecule has 2 aromatic rings. The topological polar surface area (TPSA) is 25.2 Å². The summed E-state index contributed by atoms with van der Waals surface area (Å²) in [7, 11) is 0. The zero-order valence-corrected chi connectivity index (χ0v) is 11.7. The number of hydrogen-bond donors (Lipinski definition) is 0. The highest BCUT2D eigenvalue weighted by atomic mass is 32.1. The molecule has 4 heteroatoms. The SMILES string of the molecule is CC(C)n1cc2cc(C(=O)N3CCCC3)sc2c1. The van der Waals surface area contributed by atoms with Gasteiger partial charge in [-0.1, -0.05) is 0 Å². The number of carbonyl (C=O) groups excluding carboxylic acids is 1. The van der Waals surface area contributed by atoms with E-state index in [2.05, 4.69) is 30.8 Å². The van der Waals surface area contributed by atoms with Crippen molar-refractivity contribution in [2.45, 2.75) is 32.7 Å². The van der Waals surface area contributed by atoms with E-state index in [0.29, 0.717) is 6.04 Å². The molecule has 3 heterocycles. The van der Waals surface area contributed by atoms with E-state index in [-0.39, 0.29) is 5.91 Å². The Bertz CT molecular complexity index is 544. The van der Waals surface area contributed by atoms with E-state index in [1.165, 1.54) is 10.1 Å². The Morgan fingerprint density at radius 2 is 2.00 bits per heavy atom. The van der Waals surface area contributed by atoms with Gasteiger partial charge in [0, 0.05) is 36.9 Å². The molecule has 3 rings (SSSR count). The normalized spacial score (nSPS) is 16.1. The summed E-state index contributed by atoms with van der Waals surface area (Å²) in [6.07, 6.45) is 6.58. The van der Waals surface area contributed by atoms with Crippen LogP contribution < -0.4 is 0 Å². The third-order valence-electron chi connectivity index (χ3n) is 3.55. The second-order valence-electron chi connectivity index (χ2n) is 5.23. The van der Waals surface area contributed by atoms with Gasteiger partial charge < -0.3 is 9.47 Å². The monoisotopic (exact) mass is 262 g/mol.